The molecule has 7 nitrogen and oxygen atoms in total. The van der Waals surface area contributed by atoms with E-state index in [9.17, 15) is 20.4 Å². The van der Waals surface area contributed by atoms with Crippen molar-refractivity contribution in [2.75, 3.05) is 20.0 Å². The number of phenolic OH excluding ortho intramolecular Hbond substituents is 3. The van der Waals surface area contributed by atoms with Gasteiger partial charge in [-0.1, -0.05) is 6.07 Å². The summed E-state index contributed by atoms with van der Waals surface area (Å²) in [5, 5.41) is 39.4. The second kappa shape index (κ2) is 6.59. The van der Waals surface area contributed by atoms with E-state index >= 15 is 0 Å². The fraction of sp³-hybridized carbons (Fsp3) is 0.368. The lowest BCUT2D eigenvalue weighted by Crippen LogP contribution is -2.21. The molecule has 4 N–H and O–H groups in total. The molecular formula is C19H20O7. The zero-order chi connectivity index (χ0) is 18.3. The normalized spacial score (nSPS) is 24.1. The smallest absolute Gasteiger partial charge is 0.231 e. The maximum Gasteiger partial charge on any atom is 0.231 e. The van der Waals surface area contributed by atoms with Gasteiger partial charge in [0, 0.05) is 24.2 Å². The monoisotopic (exact) mass is 360 g/mol. The average molecular weight is 360 g/mol. The van der Waals surface area contributed by atoms with E-state index in [0.717, 1.165) is 5.56 Å². The van der Waals surface area contributed by atoms with Crippen molar-refractivity contribution in [2.45, 2.75) is 12.5 Å². The van der Waals surface area contributed by atoms with Crippen molar-refractivity contribution in [2.24, 2.45) is 11.8 Å². The van der Waals surface area contributed by atoms with Gasteiger partial charge in [-0.2, -0.15) is 0 Å². The standard InChI is InChI=1S/C19H20O7/c20-7-13-11(3-10-1-2-14(21)16(23)4-10)8-24-19(13)12-5-17-18(6-15(12)22)26-9-25-17/h1-2,4-6,11,13,19-23H,3,7-9H2/t11-,13-,19+/m0/s1. The number of ether oxygens (including phenoxy) is 3. The van der Waals surface area contributed by atoms with Gasteiger partial charge in [-0.3, -0.25) is 0 Å². The fourth-order valence-corrected chi connectivity index (χ4v) is 3.67. The zero-order valence-corrected chi connectivity index (χ0v) is 14.0. The number of hydrogen-bond acceptors (Lipinski definition) is 7. The number of hydrogen-bond donors (Lipinski definition) is 4. The molecule has 2 aliphatic rings. The first-order valence-electron chi connectivity index (χ1n) is 8.42. The van der Waals surface area contributed by atoms with Gasteiger partial charge in [0.25, 0.3) is 0 Å². The first-order chi connectivity index (χ1) is 12.6. The molecule has 2 heterocycles. The zero-order valence-electron chi connectivity index (χ0n) is 14.0. The summed E-state index contributed by atoms with van der Waals surface area (Å²) in [4.78, 5) is 0. The van der Waals surface area contributed by atoms with E-state index in [1.807, 2.05) is 0 Å². The SMILES string of the molecule is OC[C@H]1[C@@H](Cc2ccc(O)c(O)c2)CO[C@@H]1c1cc2c(cc1O)OCO2. The predicted octanol–water partition coefficient (Wildman–Crippen LogP) is 2.07. The topological polar surface area (TPSA) is 109 Å². The Balaban J connectivity index is 1.57. The third-order valence-corrected chi connectivity index (χ3v) is 5.06. The molecule has 2 aliphatic heterocycles. The Kier molecular flexibility index (Phi) is 4.26. The molecule has 0 amide bonds. The van der Waals surface area contributed by atoms with Crippen LogP contribution < -0.4 is 9.47 Å². The van der Waals surface area contributed by atoms with Gasteiger partial charge in [0.05, 0.1) is 12.7 Å². The Labute approximate surface area is 150 Å². The molecule has 0 bridgehead atoms. The summed E-state index contributed by atoms with van der Waals surface area (Å²) < 4.78 is 16.5. The van der Waals surface area contributed by atoms with Gasteiger partial charge >= 0.3 is 0 Å². The first kappa shape index (κ1) is 16.8. The van der Waals surface area contributed by atoms with Crippen LogP contribution in [0.2, 0.25) is 0 Å². The Morgan fingerprint density at radius 3 is 2.42 bits per heavy atom. The molecule has 7 heteroatoms. The second-order valence-electron chi connectivity index (χ2n) is 6.65. The van der Waals surface area contributed by atoms with Crippen molar-refractivity contribution in [3.05, 3.63) is 41.5 Å². The van der Waals surface area contributed by atoms with Gasteiger partial charge in [0.15, 0.2) is 23.0 Å². The van der Waals surface area contributed by atoms with Crippen molar-refractivity contribution in [1.29, 1.82) is 0 Å². The van der Waals surface area contributed by atoms with Crippen LogP contribution in [0.1, 0.15) is 17.2 Å². The minimum Gasteiger partial charge on any atom is -0.507 e. The molecule has 0 spiro atoms. The van der Waals surface area contributed by atoms with Crippen LogP contribution in [0.25, 0.3) is 0 Å². The van der Waals surface area contributed by atoms with Crippen LogP contribution in [0.3, 0.4) is 0 Å². The summed E-state index contributed by atoms with van der Waals surface area (Å²) >= 11 is 0. The quantitative estimate of drug-likeness (QED) is 0.618. The summed E-state index contributed by atoms with van der Waals surface area (Å²) in [5.41, 5.74) is 1.40. The maximum atomic E-state index is 10.3. The number of aromatic hydroxyl groups is 3. The van der Waals surface area contributed by atoms with E-state index < -0.39 is 6.10 Å². The highest BCUT2D eigenvalue weighted by Crippen LogP contribution is 2.47. The van der Waals surface area contributed by atoms with Crippen molar-refractivity contribution >= 4 is 0 Å². The van der Waals surface area contributed by atoms with Gasteiger partial charge in [-0.25, -0.2) is 0 Å². The lowest BCUT2D eigenvalue weighted by molar-refractivity contribution is 0.0699. The Morgan fingerprint density at radius 2 is 1.69 bits per heavy atom. The highest BCUT2D eigenvalue weighted by molar-refractivity contribution is 5.52. The lowest BCUT2D eigenvalue weighted by atomic mass is 9.84. The molecule has 26 heavy (non-hydrogen) atoms. The average Bonchev–Trinajstić information content (AvgIpc) is 3.23. The van der Waals surface area contributed by atoms with E-state index in [2.05, 4.69) is 0 Å². The molecule has 0 radical (unpaired) electrons. The maximum absolute atomic E-state index is 10.3. The van der Waals surface area contributed by atoms with Gasteiger partial charge < -0.3 is 34.6 Å². The number of fused-ring (bicyclic) bond motifs is 1. The molecule has 0 aromatic heterocycles. The lowest BCUT2D eigenvalue weighted by Gasteiger charge is -2.22. The van der Waals surface area contributed by atoms with Gasteiger partial charge in [-0.05, 0) is 36.1 Å². The number of rotatable bonds is 4. The molecule has 0 aliphatic carbocycles. The van der Waals surface area contributed by atoms with Gasteiger partial charge in [0.2, 0.25) is 6.79 Å². The van der Waals surface area contributed by atoms with Gasteiger partial charge in [0.1, 0.15) is 5.75 Å². The van der Waals surface area contributed by atoms with Crippen LogP contribution in [0.15, 0.2) is 30.3 Å². The van der Waals surface area contributed by atoms with E-state index in [1.54, 1.807) is 12.1 Å². The van der Waals surface area contributed by atoms with E-state index in [1.165, 1.54) is 18.2 Å². The second-order valence-corrected chi connectivity index (χ2v) is 6.65. The summed E-state index contributed by atoms with van der Waals surface area (Å²) in [6.07, 6.45) is 0.103. The number of aliphatic hydroxyl groups excluding tert-OH is 1. The Bertz CT molecular complexity index is 820. The van der Waals surface area contributed by atoms with E-state index in [-0.39, 0.29) is 42.5 Å². The number of benzene rings is 2. The predicted molar refractivity (Wildman–Crippen MR) is 90.5 cm³/mol. The number of phenols is 3. The molecule has 0 unspecified atom stereocenters. The third kappa shape index (κ3) is 2.89. The summed E-state index contributed by atoms with van der Waals surface area (Å²) in [6, 6.07) is 7.88. The molecule has 4 rings (SSSR count). The molecule has 3 atom stereocenters. The number of aliphatic hydroxyl groups is 1. The third-order valence-electron chi connectivity index (χ3n) is 5.06. The Morgan fingerprint density at radius 1 is 0.923 bits per heavy atom. The van der Waals surface area contributed by atoms with Crippen molar-refractivity contribution in [3.8, 4) is 28.7 Å². The van der Waals surface area contributed by atoms with Crippen LogP contribution in [0.5, 0.6) is 28.7 Å². The van der Waals surface area contributed by atoms with Crippen LogP contribution in [0.4, 0.5) is 0 Å². The van der Waals surface area contributed by atoms with E-state index in [0.29, 0.717) is 30.1 Å². The van der Waals surface area contributed by atoms with Crippen molar-refractivity contribution in [1.82, 2.24) is 0 Å². The molecule has 1 saturated heterocycles. The van der Waals surface area contributed by atoms with Crippen LogP contribution in [0, 0.1) is 11.8 Å². The first-order valence-corrected chi connectivity index (χ1v) is 8.42. The molecule has 2 aromatic rings. The minimum absolute atomic E-state index is 0.00114. The minimum atomic E-state index is -0.467. The van der Waals surface area contributed by atoms with Crippen LogP contribution in [-0.2, 0) is 11.2 Å². The van der Waals surface area contributed by atoms with Crippen LogP contribution in [-0.4, -0.2) is 40.4 Å². The Hall–Kier alpha value is -2.64. The van der Waals surface area contributed by atoms with Gasteiger partial charge in [-0.15, -0.1) is 0 Å². The van der Waals surface area contributed by atoms with E-state index in [4.69, 9.17) is 14.2 Å². The molecular weight excluding hydrogens is 340 g/mol. The summed E-state index contributed by atoms with van der Waals surface area (Å²) in [7, 11) is 0. The summed E-state index contributed by atoms with van der Waals surface area (Å²) in [5.74, 6) is 0.507. The summed E-state index contributed by atoms with van der Waals surface area (Å²) in [6.45, 7) is 0.416. The largest absolute Gasteiger partial charge is 0.507 e. The fourth-order valence-electron chi connectivity index (χ4n) is 3.67. The molecule has 1 fully saturated rings. The van der Waals surface area contributed by atoms with Crippen molar-refractivity contribution < 1.29 is 34.6 Å². The molecule has 138 valence electrons. The van der Waals surface area contributed by atoms with Crippen molar-refractivity contribution in [3.63, 3.8) is 0 Å². The molecule has 2 aromatic carbocycles. The van der Waals surface area contributed by atoms with Crippen LogP contribution >= 0.6 is 0 Å². The molecule has 0 saturated carbocycles. The highest BCUT2D eigenvalue weighted by Gasteiger charge is 2.39. The highest BCUT2D eigenvalue weighted by atomic mass is 16.7.